The standard InChI is InChI=1S/C25H28N6O2/c1-17-8-6-7-13-30(17)23(24-27-28-29-31(24)16-18-9-4-3-5-10-18)21-15-19-14-20(33-2)11-12-22(19)26-25(21)32/h3-5,9-12,14-15,17,23H,6-8,13,16H2,1-2H3,(H,26,32)/t17-,23+/m0/s1. The van der Waals surface area contributed by atoms with Crippen molar-refractivity contribution >= 4 is 10.9 Å². The van der Waals surface area contributed by atoms with E-state index in [0.717, 1.165) is 41.6 Å². The van der Waals surface area contributed by atoms with Crippen LogP contribution in [0.4, 0.5) is 0 Å². The van der Waals surface area contributed by atoms with Gasteiger partial charge in [-0.05, 0) is 66.6 Å². The Kier molecular flexibility index (Phi) is 5.92. The normalized spacial score (nSPS) is 17.8. The highest BCUT2D eigenvalue weighted by Crippen LogP contribution is 2.33. The number of tetrazole rings is 1. The van der Waals surface area contributed by atoms with Crippen LogP contribution in [0.5, 0.6) is 5.75 Å². The first-order chi connectivity index (χ1) is 16.1. The van der Waals surface area contributed by atoms with E-state index in [4.69, 9.17) is 4.74 Å². The van der Waals surface area contributed by atoms with Gasteiger partial charge in [-0.3, -0.25) is 9.69 Å². The fraction of sp³-hybridized carbons (Fsp3) is 0.360. The van der Waals surface area contributed by atoms with Crippen LogP contribution in [0.1, 0.15) is 49.2 Å². The summed E-state index contributed by atoms with van der Waals surface area (Å²) in [6.07, 6.45) is 3.35. The van der Waals surface area contributed by atoms with Gasteiger partial charge in [-0.2, -0.15) is 0 Å². The zero-order valence-corrected chi connectivity index (χ0v) is 18.9. The molecule has 33 heavy (non-hydrogen) atoms. The maximum absolute atomic E-state index is 13.4. The maximum atomic E-state index is 13.4. The number of pyridine rings is 1. The highest BCUT2D eigenvalue weighted by atomic mass is 16.5. The van der Waals surface area contributed by atoms with Crippen LogP contribution in [0.25, 0.3) is 10.9 Å². The second-order valence-electron chi connectivity index (χ2n) is 8.67. The van der Waals surface area contributed by atoms with Crippen LogP contribution in [0.3, 0.4) is 0 Å². The molecular weight excluding hydrogens is 416 g/mol. The van der Waals surface area contributed by atoms with E-state index in [1.165, 1.54) is 6.42 Å². The second-order valence-corrected chi connectivity index (χ2v) is 8.67. The lowest BCUT2D eigenvalue weighted by Crippen LogP contribution is -2.43. The summed E-state index contributed by atoms with van der Waals surface area (Å²) in [7, 11) is 1.64. The fourth-order valence-corrected chi connectivity index (χ4v) is 4.78. The SMILES string of the molecule is COc1ccc2[nH]c(=O)c([C@H](c3nnnn3Cc3ccccc3)N3CCCC[C@@H]3C)cc2c1. The number of rotatable bonds is 6. The molecule has 4 aromatic rings. The van der Waals surface area contributed by atoms with Crippen molar-refractivity contribution in [3.8, 4) is 5.75 Å². The van der Waals surface area contributed by atoms with Gasteiger partial charge in [0, 0.05) is 22.5 Å². The maximum Gasteiger partial charge on any atom is 0.253 e. The van der Waals surface area contributed by atoms with E-state index in [1.54, 1.807) is 7.11 Å². The van der Waals surface area contributed by atoms with Crippen molar-refractivity contribution in [3.63, 3.8) is 0 Å². The smallest absolute Gasteiger partial charge is 0.253 e. The number of likely N-dealkylation sites (tertiary alicyclic amines) is 1. The molecule has 2 aromatic heterocycles. The van der Waals surface area contributed by atoms with Gasteiger partial charge >= 0.3 is 0 Å². The molecule has 0 unspecified atom stereocenters. The number of aromatic amines is 1. The number of hydrogen-bond donors (Lipinski definition) is 1. The summed E-state index contributed by atoms with van der Waals surface area (Å²) in [5, 5.41) is 13.7. The topological polar surface area (TPSA) is 88.9 Å². The van der Waals surface area contributed by atoms with Gasteiger partial charge in [0.1, 0.15) is 11.8 Å². The largest absolute Gasteiger partial charge is 0.497 e. The second kappa shape index (κ2) is 9.15. The third-order valence-electron chi connectivity index (χ3n) is 6.54. The Balaban J connectivity index is 1.65. The number of nitrogens with one attached hydrogen (secondary N) is 1. The molecule has 1 fully saturated rings. The number of ether oxygens (including phenoxy) is 1. The van der Waals surface area contributed by atoms with Crippen LogP contribution in [0, 0.1) is 0 Å². The molecule has 1 aliphatic rings. The lowest BCUT2D eigenvalue weighted by Gasteiger charge is -2.38. The molecule has 2 atom stereocenters. The Hall–Kier alpha value is -3.52. The van der Waals surface area contributed by atoms with E-state index in [9.17, 15) is 4.79 Å². The van der Waals surface area contributed by atoms with E-state index in [-0.39, 0.29) is 11.6 Å². The van der Waals surface area contributed by atoms with Crippen molar-refractivity contribution in [3.05, 3.63) is 81.9 Å². The van der Waals surface area contributed by atoms with E-state index in [0.29, 0.717) is 24.0 Å². The molecule has 170 valence electrons. The van der Waals surface area contributed by atoms with Gasteiger partial charge in [-0.1, -0.05) is 36.8 Å². The van der Waals surface area contributed by atoms with E-state index < -0.39 is 0 Å². The number of methoxy groups -OCH3 is 1. The van der Waals surface area contributed by atoms with Gasteiger partial charge in [0.2, 0.25) is 0 Å². The Morgan fingerprint density at radius 3 is 2.79 bits per heavy atom. The van der Waals surface area contributed by atoms with Crippen molar-refractivity contribution < 1.29 is 4.74 Å². The monoisotopic (exact) mass is 444 g/mol. The third kappa shape index (κ3) is 4.26. The van der Waals surface area contributed by atoms with Crippen molar-refractivity contribution in [1.82, 2.24) is 30.1 Å². The zero-order chi connectivity index (χ0) is 22.8. The van der Waals surface area contributed by atoms with E-state index in [1.807, 2.05) is 47.1 Å². The predicted octanol–water partition coefficient (Wildman–Crippen LogP) is 3.54. The molecule has 0 radical (unpaired) electrons. The Labute approximate surface area is 192 Å². The lowest BCUT2D eigenvalue weighted by atomic mass is 9.96. The van der Waals surface area contributed by atoms with Gasteiger partial charge in [0.05, 0.1) is 13.7 Å². The molecule has 0 spiro atoms. The van der Waals surface area contributed by atoms with E-state index in [2.05, 4.69) is 44.5 Å². The number of piperidine rings is 1. The van der Waals surface area contributed by atoms with Gasteiger partial charge < -0.3 is 9.72 Å². The molecule has 0 aliphatic carbocycles. The van der Waals surface area contributed by atoms with Crippen LogP contribution < -0.4 is 10.3 Å². The highest BCUT2D eigenvalue weighted by molar-refractivity contribution is 5.80. The molecule has 0 saturated carbocycles. The predicted molar refractivity (Wildman–Crippen MR) is 126 cm³/mol. The minimum atomic E-state index is -0.349. The van der Waals surface area contributed by atoms with E-state index >= 15 is 0 Å². The summed E-state index contributed by atoms with van der Waals surface area (Å²) >= 11 is 0. The Morgan fingerprint density at radius 2 is 2.00 bits per heavy atom. The summed E-state index contributed by atoms with van der Waals surface area (Å²) in [6, 6.07) is 17.7. The summed E-state index contributed by atoms with van der Waals surface area (Å²) in [4.78, 5) is 18.8. The van der Waals surface area contributed by atoms with Crippen LogP contribution in [0.15, 0.2) is 59.4 Å². The average molecular weight is 445 g/mol. The molecule has 1 saturated heterocycles. The highest BCUT2D eigenvalue weighted by Gasteiger charge is 2.34. The molecule has 0 amide bonds. The molecule has 1 N–H and O–H groups in total. The molecule has 0 bridgehead atoms. The van der Waals surface area contributed by atoms with Crippen molar-refractivity contribution in [2.75, 3.05) is 13.7 Å². The number of aromatic nitrogens is 5. The van der Waals surface area contributed by atoms with Crippen LogP contribution in [-0.2, 0) is 6.54 Å². The molecule has 5 rings (SSSR count). The van der Waals surface area contributed by atoms with Gasteiger partial charge in [0.25, 0.3) is 5.56 Å². The Morgan fingerprint density at radius 1 is 1.15 bits per heavy atom. The summed E-state index contributed by atoms with van der Waals surface area (Å²) in [6.45, 7) is 3.65. The van der Waals surface area contributed by atoms with Crippen molar-refractivity contribution in [1.29, 1.82) is 0 Å². The minimum Gasteiger partial charge on any atom is -0.497 e. The van der Waals surface area contributed by atoms with Gasteiger partial charge in [-0.25, -0.2) is 4.68 Å². The molecule has 3 heterocycles. The first-order valence-corrected chi connectivity index (χ1v) is 11.4. The fourth-order valence-electron chi connectivity index (χ4n) is 4.78. The van der Waals surface area contributed by atoms with Crippen molar-refractivity contribution in [2.24, 2.45) is 0 Å². The molecule has 2 aromatic carbocycles. The summed E-state index contributed by atoms with van der Waals surface area (Å²) in [5.41, 5.74) is 2.41. The summed E-state index contributed by atoms with van der Waals surface area (Å²) < 4.78 is 7.22. The molecular formula is C25H28N6O2. The number of fused-ring (bicyclic) bond motifs is 1. The zero-order valence-electron chi connectivity index (χ0n) is 18.9. The molecule has 8 heteroatoms. The Bertz CT molecular complexity index is 1300. The third-order valence-corrected chi connectivity index (χ3v) is 6.54. The van der Waals surface area contributed by atoms with Gasteiger partial charge in [-0.15, -0.1) is 5.10 Å². The average Bonchev–Trinajstić information content (AvgIpc) is 3.28. The van der Waals surface area contributed by atoms with Gasteiger partial charge in [0.15, 0.2) is 5.82 Å². The first kappa shape index (κ1) is 21.3. The number of benzene rings is 2. The first-order valence-electron chi connectivity index (χ1n) is 11.4. The van der Waals surface area contributed by atoms with Crippen molar-refractivity contribution in [2.45, 2.75) is 44.8 Å². The molecule has 8 nitrogen and oxygen atoms in total. The van der Waals surface area contributed by atoms with Crippen LogP contribution >= 0.6 is 0 Å². The number of hydrogen-bond acceptors (Lipinski definition) is 6. The lowest BCUT2D eigenvalue weighted by molar-refractivity contribution is 0.117. The minimum absolute atomic E-state index is 0.121. The quantitative estimate of drug-likeness (QED) is 0.489. The molecule has 1 aliphatic heterocycles. The summed E-state index contributed by atoms with van der Waals surface area (Å²) in [5.74, 6) is 1.43. The number of nitrogens with zero attached hydrogens (tertiary/aromatic N) is 5. The number of H-pyrrole nitrogens is 1. The van der Waals surface area contributed by atoms with Crippen LogP contribution in [-0.4, -0.2) is 49.8 Å². The van der Waals surface area contributed by atoms with Crippen LogP contribution in [0.2, 0.25) is 0 Å².